The Morgan fingerprint density at radius 1 is 1.50 bits per heavy atom. The van der Waals surface area contributed by atoms with Crippen molar-refractivity contribution in [2.45, 2.75) is 12.5 Å². The van der Waals surface area contributed by atoms with Gasteiger partial charge in [-0.25, -0.2) is 17.1 Å². The predicted octanol–water partition coefficient (Wildman–Crippen LogP) is -0.0883. The van der Waals surface area contributed by atoms with Gasteiger partial charge in [-0.2, -0.15) is 8.42 Å². The van der Waals surface area contributed by atoms with E-state index in [1.54, 1.807) is 0 Å². The highest BCUT2D eigenvalue weighted by Crippen LogP contribution is 2.17. The molecule has 0 unspecified atom stereocenters. The van der Waals surface area contributed by atoms with Crippen molar-refractivity contribution in [1.29, 1.82) is 0 Å². The van der Waals surface area contributed by atoms with Crippen LogP contribution >= 0.6 is 0 Å². The molecule has 7 heteroatoms. The van der Waals surface area contributed by atoms with Gasteiger partial charge in [0.05, 0.1) is 0 Å². The summed E-state index contributed by atoms with van der Waals surface area (Å²) in [6.07, 6.45) is -4.46. The first-order valence-corrected chi connectivity index (χ1v) is 3.70. The lowest BCUT2D eigenvalue weighted by Crippen LogP contribution is -2.19. The highest BCUT2D eigenvalue weighted by Gasteiger charge is 2.36. The fourth-order valence-electron chi connectivity index (χ4n) is 0.472. The molecule has 0 aliphatic carbocycles. The van der Waals surface area contributed by atoms with Gasteiger partial charge in [-0.3, -0.25) is 0 Å². The van der Waals surface area contributed by atoms with E-state index in [0.717, 1.165) is 0 Å². The van der Waals surface area contributed by atoms with Gasteiger partial charge in [0.2, 0.25) is 0 Å². The second kappa shape index (κ2) is 2.40. The van der Waals surface area contributed by atoms with Gasteiger partial charge < -0.3 is 0 Å². The van der Waals surface area contributed by atoms with Gasteiger partial charge in [0.1, 0.15) is 6.61 Å². The average Bonchev–Trinajstić information content (AvgIpc) is 2.10. The summed E-state index contributed by atoms with van der Waals surface area (Å²) >= 11 is 0. The van der Waals surface area contributed by atoms with Crippen molar-refractivity contribution in [3.63, 3.8) is 0 Å². The second-order valence-corrected chi connectivity index (χ2v) is 2.91. The lowest BCUT2D eigenvalue weighted by molar-refractivity contribution is 0.0244. The second-order valence-electron chi connectivity index (χ2n) is 1.66. The van der Waals surface area contributed by atoms with Crippen LogP contribution in [0.25, 0.3) is 0 Å². The Balaban J connectivity index is 2.60. The molecule has 1 heterocycles. The fourth-order valence-corrected chi connectivity index (χ4v) is 1.27. The SMILES string of the molecule is O=S1(=O)OC[C@@H](C(F)F)O1. The lowest BCUT2D eigenvalue weighted by Gasteiger charge is -2.00. The van der Waals surface area contributed by atoms with Gasteiger partial charge in [-0.15, -0.1) is 0 Å². The Hall–Kier alpha value is -0.270. The quantitative estimate of drug-likeness (QED) is 0.557. The minimum Gasteiger partial charge on any atom is -0.245 e. The Bertz CT molecular complexity index is 211. The molecule has 1 fully saturated rings. The molecule has 0 N–H and O–H groups in total. The van der Waals surface area contributed by atoms with E-state index in [9.17, 15) is 17.2 Å². The molecular weight excluding hydrogens is 170 g/mol. The Labute approximate surface area is 56.1 Å². The third-order valence-corrected chi connectivity index (χ3v) is 1.81. The number of alkyl halides is 2. The molecule has 4 nitrogen and oxygen atoms in total. The summed E-state index contributed by atoms with van der Waals surface area (Å²) in [4.78, 5) is 0. The van der Waals surface area contributed by atoms with Crippen LogP contribution < -0.4 is 0 Å². The van der Waals surface area contributed by atoms with E-state index in [4.69, 9.17) is 0 Å². The normalized spacial score (nSPS) is 31.3. The van der Waals surface area contributed by atoms with Gasteiger partial charge in [-0.1, -0.05) is 0 Å². The van der Waals surface area contributed by atoms with Gasteiger partial charge in [-0.05, 0) is 0 Å². The maximum atomic E-state index is 11.6. The largest absolute Gasteiger partial charge is 0.400 e. The molecule has 1 saturated heterocycles. The maximum Gasteiger partial charge on any atom is 0.400 e. The van der Waals surface area contributed by atoms with Crippen molar-refractivity contribution in [3.8, 4) is 0 Å². The highest BCUT2D eigenvalue weighted by atomic mass is 32.3. The third kappa shape index (κ3) is 1.61. The van der Waals surface area contributed by atoms with Gasteiger partial charge in [0.15, 0.2) is 6.10 Å². The standard InChI is InChI=1S/C3H4F2O4S/c4-3(5)2-1-8-10(6,7)9-2/h2-3H,1H2/t2-/m0/s1. The first-order valence-electron chi connectivity index (χ1n) is 2.37. The predicted molar refractivity (Wildman–Crippen MR) is 25.7 cm³/mol. The number of halogens is 2. The van der Waals surface area contributed by atoms with E-state index in [1.807, 2.05) is 0 Å². The van der Waals surface area contributed by atoms with Crippen LogP contribution in [0, 0.1) is 0 Å². The van der Waals surface area contributed by atoms with Crippen LogP contribution in [0.1, 0.15) is 0 Å². The van der Waals surface area contributed by atoms with Gasteiger partial charge in [0.25, 0.3) is 6.43 Å². The first-order chi connectivity index (χ1) is 4.51. The Morgan fingerprint density at radius 3 is 2.30 bits per heavy atom. The Kier molecular flexibility index (Phi) is 1.88. The molecular formula is C3H4F2O4S. The average molecular weight is 174 g/mol. The zero-order valence-electron chi connectivity index (χ0n) is 4.66. The van der Waals surface area contributed by atoms with E-state index in [2.05, 4.69) is 8.37 Å². The van der Waals surface area contributed by atoms with Crippen LogP contribution in [0.5, 0.6) is 0 Å². The zero-order chi connectivity index (χ0) is 7.78. The van der Waals surface area contributed by atoms with Crippen molar-refractivity contribution < 1.29 is 25.6 Å². The Morgan fingerprint density at radius 2 is 2.10 bits per heavy atom. The van der Waals surface area contributed by atoms with Crippen LogP contribution in [-0.4, -0.2) is 27.6 Å². The molecule has 0 amide bonds. The van der Waals surface area contributed by atoms with Crippen molar-refractivity contribution in [2.75, 3.05) is 6.61 Å². The molecule has 0 bridgehead atoms. The number of rotatable bonds is 1. The summed E-state index contributed by atoms with van der Waals surface area (Å²) in [7, 11) is -4.12. The van der Waals surface area contributed by atoms with Crippen LogP contribution in [0.2, 0.25) is 0 Å². The molecule has 1 atom stereocenters. The van der Waals surface area contributed by atoms with Crippen LogP contribution in [-0.2, 0) is 18.8 Å². The highest BCUT2D eigenvalue weighted by molar-refractivity contribution is 7.82. The van der Waals surface area contributed by atoms with Crippen LogP contribution in [0.3, 0.4) is 0 Å². The molecule has 1 aliphatic heterocycles. The first kappa shape index (κ1) is 7.83. The zero-order valence-corrected chi connectivity index (χ0v) is 5.48. The molecule has 0 radical (unpaired) electrons. The summed E-state index contributed by atoms with van der Waals surface area (Å²) in [5.74, 6) is 0. The molecule has 0 spiro atoms. The molecule has 1 rings (SSSR count). The summed E-state index contributed by atoms with van der Waals surface area (Å²) < 4.78 is 51.3. The minimum absolute atomic E-state index is 0.597. The number of hydrogen-bond acceptors (Lipinski definition) is 4. The van der Waals surface area contributed by atoms with E-state index in [-0.39, 0.29) is 0 Å². The summed E-state index contributed by atoms with van der Waals surface area (Å²) in [6, 6.07) is 0. The smallest absolute Gasteiger partial charge is 0.245 e. The molecule has 0 aromatic rings. The van der Waals surface area contributed by atoms with Crippen LogP contribution in [0.15, 0.2) is 0 Å². The van der Waals surface area contributed by atoms with E-state index >= 15 is 0 Å². The third-order valence-electron chi connectivity index (χ3n) is 0.899. The van der Waals surface area contributed by atoms with E-state index < -0.39 is 29.5 Å². The van der Waals surface area contributed by atoms with E-state index in [0.29, 0.717) is 0 Å². The van der Waals surface area contributed by atoms with Crippen molar-refractivity contribution >= 4 is 10.4 Å². The van der Waals surface area contributed by atoms with Crippen molar-refractivity contribution in [1.82, 2.24) is 0 Å². The van der Waals surface area contributed by atoms with Gasteiger partial charge in [0, 0.05) is 0 Å². The summed E-state index contributed by atoms with van der Waals surface area (Å²) in [6.45, 7) is -0.597. The monoisotopic (exact) mass is 174 g/mol. The molecule has 0 aromatic heterocycles. The number of hydrogen-bond donors (Lipinski definition) is 0. The van der Waals surface area contributed by atoms with Crippen molar-refractivity contribution in [3.05, 3.63) is 0 Å². The summed E-state index contributed by atoms with van der Waals surface area (Å²) in [5.41, 5.74) is 0. The molecule has 60 valence electrons. The fraction of sp³-hybridized carbons (Fsp3) is 1.00. The lowest BCUT2D eigenvalue weighted by atomic mass is 10.4. The molecule has 0 saturated carbocycles. The molecule has 10 heavy (non-hydrogen) atoms. The van der Waals surface area contributed by atoms with Gasteiger partial charge >= 0.3 is 10.4 Å². The van der Waals surface area contributed by atoms with E-state index in [1.165, 1.54) is 0 Å². The molecule has 0 aromatic carbocycles. The molecule has 1 aliphatic rings. The van der Waals surface area contributed by atoms with Crippen molar-refractivity contribution in [2.24, 2.45) is 0 Å². The topological polar surface area (TPSA) is 52.6 Å². The maximum absolute atomic E-state index is 11.6. The summed E-state index contributed by atoms with van der Waals surface area (Å²) in [5, 5.41) is 0. The minimum atomic E-state index is -4.12. The van der Waals surface area contributed by atoms with Crippen LogP contribution in [0.4, 0.5) is 8.78 Å².